The van der Waals surface area contributed by atoms with Gasteiger partial charge in [0.1, 0.15) is 11.5 Å². The first kappa shape index (κ1) is 10.8. The first-order valence-electron chi connectivity index (χ1n) is 5.73. The van der Waals surface area contributed by atoms with Gasteiger partial charge in [-0.15, -0.1) is 0 Å². The molecule has 0 radical (unpaired) electrons. The van der Waals surface area contributed by atoms with E-state index < -0.39 is 0 Å². The average Bonchev–Trinajstić information content (AvgIpc) is 2.90. The minimum Gasteiger partial charge on any atom is -0.373 e. The van der Waals surface area contributed by atoms with Gasteiger partial charge in [-0.2, -0.15) is 5.10 Å². The summed E-state index contributed by atoms with van der Waals surface area (Å²) in [5.74, 6) is 1.59. The lowest BCUT2D eigenvalue weighted by Crippen LogP contribution is -1.94. The maximum absolute atomic E-state index is 4.50. The molecule has 3 rings (SSSR count). The first-order chi connectivity index (χ1) is 8.67. The summed E-state index contributed by atoms with van der Waals surface area (Å²) in [5, 5.41) is 7.32. The summed E-state index contributed by atoms with van der Waals surface area (Å²) < 4.78 is 1.81. The van der Waals surface area contributed by atoms with E-state index in [-0.39, 0.29) is 0 Å². The van der Waals surface area contributed by atoms with E-state index in [1.54, 1.807) is 0 Å². The van der Waals surface area contributed by atoms with Gasteiger partial charge in [0, 0.05) is 14.1 Å². The molecule has 2 N–H and O–H groups in total. The van der Waals surface area contributed by atoms with Crippen LogP contribution in [0.4, 0.5) is 5.82 Å². The Labute approximate surface area is 104 Å². The van der Waals surface area contributed by atoms with Crippen LogP contribution >= 0.6 is 0 Å². The second-order valence-corrected chi connectivity index (χ2v) is 4.20. The molecule has 0 amide bonds. The maximum Gasteiger partial charge on any atom is 0.180 e. The summed E-state index contributed by atoms with van der Waals surface area (Å²) in [5.41, 5.74) is 3.55. The molecule has 92 valence electrons. The van der Waals surface area contributed by atoms with Crippen LogP contribution in [0.2, 0.25) is 0 Å². The number of hydrogen-bond acceptors (Lipinski definition) is 4. The topological polar surface area (TPSA) is 71.4 Å². The number of pyridine rings is 1. The Kier molecular flexibility index (Phi) is 2.29. The molecule has 0 unspecified atom stereocenters. The van der Waals surface area contributed by atoms with Gasteiger partial charge in [-0.05, 0) is 25.1 Å². The molecule has 6 heteroatoms. The van der Waals surface area contributed by atoms with E-state index in [1.165, 1.54) is 0 Å². The van der Waals surface area contributed by atoms with Crippen molar-refractivity contribution in [3.05, 3.63) is 23.9 Å². The van der Waals surface area contributed by atoms with Crippen LogP contribution in [-0.4, -0.2) is 31.8 Å². The Morgan fingerprint density at radius 2 is 2.11 bits per heavy atom. The van der Waals surface area contributed by atoms with Gasteiger partial charge in [-0.25, -0.2) is 9.97 Å². The van der Waals surface area contributed by atoms with E-state index >= 15 is 0 Å². The van der Waals surface area contributed by atoms with E-state index in [9.17, 15) is 0 Å². The maximum atomic E-state index is 4.50. The molecule has 0 aliphatic heterocycles. The van der Waals surface area contributed by atoms with Crippen LogP contribution in [0.5, 0.6) is 0 Å². The summed E-state index contributed by atoms with van der Waals surface area (Å²) in [7, 11) is 3.74. The van der Waals surface area contributed by atoms with Gasteiger partial charge in [0.2, 0.25) is 0 Å². The molecule has 0 fully saturated rings. The molecule has 0 aliphatic carbocycles. The summed E-state index contributed by atoms with van der Waals surface area (Å²) in [6.07, 6.45) is 0. The number of aryl methyl sites for hydroxylation is 2. The van der Waals surface area contributed by atoms with E-state index in [0.29, 0.717) is 5.65 Å². The fourth-order valence-corrected chi connectivity index (χ4v) is 1.99. The van der Waals surface area contributed by atoms with Crippen LogP contribution in [0.15, 0.2) is 18.2 Å². The van der Waals surface area contributed by atoms with Crippen molar-refractivity contribution in [1.82, 2.24) is 24.7 Å². The standard InChI is InChI=1S/C12H14N6/c1-7-6-9(18(3)17-7)12-14-8-4-5-10(13-2)15-11(8)16-12/h4-6H,1-3H3,(H2,13,14,15,16). The number of rotatable bonds is 2. The van der Waals surface area contributed by atoms with E-state index in [2.05, 4.69) is 25.4 Å². The van der Waals surface area contributed by atoms with Crippen molar-refractivity contribution in [1.29, 1.82) is 0 Å². The molecule has 0 bridgehead atoms. The Morgan fingerprint density at radius 3 is 2.78 bits per heavy atom. The minimum absolute atomic E-state index is 0.704. The minimum atomic E-state index is 0.704. The Bertz CT molecular complexity index is 709. The van der Waals surface area contributed by atoms with Crippen molar-refractivity contribution >= 4 is 17.0 Å². The van der Waals surface area contributed by atoms with Crippen molar-refractivity contribution < 1.29 is 0 Å². The van der Waals surface area contributed by atoms with Gasteiger partial charge in [-0.1, -0.05) is 0 Å². The summed E-state index contributed by atoms with van der Waals surface area (Å²) in [6, 6.07) is 5.88. The molecule has 3 heterocycles. The van der Waals surface area contributed by atoms with Crippen LogP contribution < -0.4 is 5.32 Å². The molecule has 0 atom stereocenters. The van der Waals surface area contributed by atoms with Crippen molar-refractivity contribution in [2.24, 2.45) is 7.05 Å². The van der Waals surface area contributed by atoms with E-state index in [0.717, 1.165) is 28.5 Å². The second-order valence-electron chi connectivity index (χ2n) is 4.20. The Hall–Kier alpha value is -2.37. The van der Waals surface area contributed by atoms with Crippen LogP contribution in [-0.2, 0) is 7.05 Å². The summed E-state index contributed by atoms with van der Waals surface area (Å²) >= 11 is 0. The highest BCUT2D eigenvalue weighted by atomic mass is 15.3. The number of imidazole rings is 1. The smallest absolute Gasteiger partial charge is 0.180 e. The van der Waals surface area contributed by atoms with Gasteiger partial charge in [0.25, 0.3) is 0 Å². The number of aromatic nitrogens is 5. The highest BCUT2D eigenvalue weighted by molar-refractivity contribution is 5.76. The van der Waals surface area contributed by atoms with Crippen molar-refractivity contribution in [2.75, 3.05) is 12.4 Å². The fraction of sp³-hybridized carbons (Fsp3) is 0.250. The molecular weight excluding hydrogens is 228 g/mol. The van der Waals surface area contributed by atoms with Crippen molar-refractivity contribution in [3.8, 4) is 11.5 Å². The Morgan fingerprint density at radius 1 is 1.28 bits per heavy atom. The zero-order valence-corrected chi connectivity index (χ0v) is 10.5. The first-order valence-corrected chi connectivity index (χ1v) is 5.73. The number of nitrogens with one attached hydrogen (secondary N) is 2. The number of nitrogens with zero attached hydrogens (tertiary/aromatic N) is 4. The molecule has 0 saturated carbocycles. The molecule has 3 aromatic rings. The third-order valence-electron chi connectivity index (χ3n) is 2.85. The molecular formula is C12H14N6. The number of aromatic amines is 1. The molecule has 0 spiro atoms. The number of anilines is 1. The van der Waals surface area contributed by atoms with E-state index in [4.69, 9.17) is 0 Å². The lowest BCUT2D eigenvalue weighted by molar-refractivity contribution is 0.760. The zero-order chi connectivity index (χ0) is 12.7. The lowest BCUT2D eigenvalue weighted by atomic mass is 10.3. The quantitative estimate of drug-likeness (QED) is 0.717. The summed E-state index contributed by atoms with van der Waals surface area (Å²) in [6.45, 7) is 1.96. The largest absolute Gasteiger partial charge is 0.373 e. The Balaban J connectivity index is 2.16. The third kappa shape index (κ3) is 1.62. The fourth-order valence-electron chi connectivity index (χ4n) is 1.99. The highest BCUT2D eigenvalue weighted by Gasteiger charge is 2.11. The predicted octanol–water partition coefficient (Wildman–Crippen LogP) is 1.71. The van der Waals surface area contributed by atoms with Crippen LogP contribution in [0.25, 0.3) is 22.7 Å². The SMILES string of the molecule is CNc1ccc2[nH]c(-c3cc(C)nn3C)nc2n1. The van der Waals surface area contributed by atoms with Crippen LogP contribution in [0.3, 0.4) is 0 Å². The van der Waals surface area contributed by atoms with Crippen LogP contribution in [0, 0.1) is 6.92 Å². The average molecular weight is 242 g/mol. The van der Waals surface area contributed by atoms with Crippen LogP contribution in [0.1, 0.15) is 5.69 Å². The van der Waals surface area contributed by atoms with Gasteiger partial charge in [0.05, 0.1) is 11.2 Å². The molecule has 0 aromatic carbocycles. The molecule has 3 aromatic heterocycles. The van der Waals surface area contributed by atoms with Gasteiger partial charge < -0.3 is 10.3 Å². The van der Waals surface area contributed by atoms with E-state index in [1.807, 2.05) is 43.9 Å². The van der Waals surface area contributed by atoms with Gasteiger partial charge >= 0.3 is 0 Å². The summed E-state index contributed by atoms with van der Waals surface area (Å²) in [4.78, 5) is 12.1. The number of hydrogen-bond donors (Lipinski definition) is 2. The zero-order valence-electron chi connectivity index (χ0n) is 10.5. The normalized spacial score (nSPS) is 11.1. The predicted molar refractivity (Wildman–Crippen MR) is 70.4 cm³/mol. The van der Waals surface area contributed by atoms with Crippen molar-refractivity contribution in [3.63, 3.8) is 0 Å². The molecule has 0 saturated heterocycles. The van der Waals surface area contributed by atoms with Crippen molar-refractivity contribution in [2.45, 2.75) is 6.92 Å². The van der Waals surface area contributed by atoms with Gasteiger partial charge in [0.15, 0.2) is 11.5 Å². The molecule has 18 heavy (non-hydrogen) atoms. The molecule has 6 nitrogen and oxygen atoms in total. The number of H-pyrrole nitrogens is 1. The molecule has 0 aliphatic rings. The monoisotopic (exact) mass is 242 g/mol. The lowest BCUT2D eigenvalue weighted by Gasteiger charge is -1.95. The highest BCUT2D eigenvalue weighted by Crippen LogP contribution is 2.20. The third-order valence-corrected chi connectivity index (χ3v) is 2.85. The van der Waals surface area contributed by atoms with Gasteiger partial charge in [-0.3, -0.25) is 4.68 Å². The second kappa shape index (κ2) is 3.83. The number of fused-ring (bicyclic) bond motifs is 1.